The topological polar surface area (TPSA) is 32.3 Å². The van der Waals surface area contributed by atoms with E-state index in [9.17, 15) is 4.79 Å². The molecule has 1 aliphatic carbocycles. The summed E-state index contributed by atoms with van der Waals surface area (Å²) in [5.74, 6) is 1.74. The van der Waals surface area contributed by atoms with Crippen LogP contribution in [0.3, 0.4) is 0 Å². The number of nitrogens with one attached hydrogen (secondary N) is 1. The number of carbonyl (C=O) groups excluding carboxylic acids is 1. The molecule has 1 saturated heterocycles. The number of hydrogen-bond acceptors (Lipinski definition) is 2. The van der Waals surface area contributed by atoms with E-state index in [0.29, 0.717) is 17.9 Å². The van der Waals surface area contributed by atoms with E-state index in [1.165, 1.54) is 12.8 Å². The molecule has 3 heteroatoms. The van der Waals surface area contributed by atoms with E-state index in [4.69, 9.17) is 0 Å². The van der Waals surface area contributed by atoms with Gasteiger partial charge in [0.25, 0.3) is 0 Å². The van der Waals surface area contributed by atoms with Gasteiger partial charge in [0.1, 0.15) is 0 Å². The summed E-state index contributed by atoms with van der Waals surface area (Å²) in [6, 6.07) is 0.523. The summed E-state index contributed by atoms with van der Waals surface area (Å²) in [5.41, 5.74) is 0. The summed E-state index contributed by atoms with van der Waals surface area (Å²) in [5, 5.41) is 3.48. The van der Waals surface area contributed by atoms with Crippen LogP contribution in [-0.2, 0) is 4.79 Å². The summed E-state index contributed by atoms with van der Waals surface area (Å²) in [4.78, 5) is 14.6. The second-order valence-electron chi connectivity index (χ2n) is 5.78. The molecule has 0 aromatic rings. The first kappa shape index (κ1) is 12.9. The summed E-state index contributed by atoms with van der Waals surface area (Å²) < 4.78 is 0. The average Bonchev–Trinajstić information content (AvgIpc) is 2.81. The van der Waals surface area contributed by atoms with Crippen molar-refractivity contribution in [1.29, 1.82) is 0 Å². The Balaban J connectivity index is 2.15. The van der Waals surface area contributed by atoms with Crippen LogP contribution in [0.4, 0.5) is 0 Å². The molecule has 5 unspecified atom stereocenters. The molecule has 1 saturated carbocycles. The molecule has 1 amide bonds. The monoisotopic (exact) mass is 238 g/mol. The van der Waals surface area contributed by atoms with Gasteiger partial charge in [-0.05, 0) is 37.5 Å². The molecule has 98 valence electrons. The second kappa shape index (κ2) is 4.97. The number of amides is 1. The fourth-order valence-electron chi connectivity index (χ4n) is 3.45. The van der Waals surface area contributed by atoms with Gasteiger partial charge < -0.3 is 4.90 Å². The Morgan fingerprint density at radius 3 is 2.41 bits per heavy atom. The quantitative estimate of drug-likeness (QED) is 0.818. The van der Waals surface area contributed by atoms with Crippen molar-refractivity contribution in [2.45, 2.75) is 71.6 Å². The van der Waals surface area contributed by atoms with E-state index in [-0.39, 0.29) is 12.2 Å². The molecular formula is C14H26N2O. The van der Waals surface area contributed by atoms with Crippen LogP contribution in [0.5, 0.6) is 0 Å². The molecule has 0 aromatic heterocycles. The largest absolute Gasteiger partial charge is 0.323 e. The van der Waals surface area contributed by atoms with Gasteiger partial charge in [-0.15, -0.1) is 0 Å². The molecule has 0 bridgehead atoms. The minimum Gasteiger partial charge on any atom is -0.323 e. The van der Waals surface area contributed by atoms with Crippen molar-refractivity contribution in [1.82, 2.24) is 10.2 Å². The molecule has 1 N–H and O–H groups in total. The summed E-state index contributed by atoms with van der Waals surface area (Å²) in [6.07, 6.45) is 4.64. The fraction of sp³-hybridized carbons (Fsp3) is 0.929. The highest BCUT2D eigenvalue weighted by Gasteiger charge is 2.45. The van der Waals surface area contributed by atoms with Gasteiger partial charge in [0.2, 0.25) is 5.91 Å². The van der Waals surface area contributed by atoms with Crippen LogP contribution in [0.2, 0.25) is 0 Å². The molecule has 17 heavy (non-hydrogen) atoms. The first-order valence-corrected chi connectivity index (χ1v) is 7.18. The lowest BCUT2D eigenvalue weighted by atomic mass is 9.96. The Bertz CT molecular complexity index is 292. The van der Waals surface area contributed by atoms with Crippen LogP contribution >= 0.6 is 0 Å². The van der Waals surface area contributed by atoms with Crippen LogP contribution in [0.1, 0.15) is 53.4 Å². The smallest absolute Gasteiger partial charge is 0.241 e. The van der Waals surface area contributed by atoms with Crippen LogP contribution in [0, 0.1) is 11.8 Å². The van der Waals surface area contributed by atoms with Gasteiger partial charge in [-0.25, -0.2) is 0 Å². The number of rotatable bonds is 3. The molecular weight excluding hydrogens is 212 g/mol. The zero-order valence-corrected chi connectivity index (χ0v) is 11.6. The normalized spacial score (nSPS) is 42.5. The molecule has 1 heterocycles. The molecule has 2 rings (SSSR count). The van der Waals surface area contributed by atoms with Gasteiger partial charge in [0.15, 0.2) is 0 Å². The van der Waals surface area contributed by atoms with E-state index in [0.717, 1.165) is 18.8 Å². The molecule has 1 aliphatic heterocycles. The lowest BCUT2D eigenvalue weighted by Gasteiger charge is -2.33. The van der Waals surface area contributed by atoms with Gasteiger partial charge in [0.05, 0.1) is 12.2 Å². The standard InChI is InChI=1S/C14H26N2O/c1-5-11-14(17)16(13(6-2)15-11)12-8-7-9(3)10(12)4/h9-13,15H,5-8H2,1-4H3. The van der Waals surface area contributed by atoms with Crippen LogP contribution < -0.4 is 5.32 Å². The van der Waals surface area contributed by atoms with Gasteiger partial charge in [-0.2, -0.15) is 0 Å². The maximum absolute atomic E-state index is 12.4. The number of nitrogens with zero attached hydrogens (tertiary/aromatic N) is 1. The summed E-state index contributed by atoms with van der Waals surface area (Å²) in [6.45, 7) is 8.88. The van der Waals surface area contributed by atoms with E-state index in [1.54, 1.807) is 0 Å². The fourth-order valence-corrected chi connectivity index (χ4v) is 3.45. The van der Waals surface area contributed by atoms with Gasteiger partial charge in [-0.3, -0.25) is 10.1 Å². The second-order valence-corrected chi connectivity index (χ2v) is 5.78. The third kappa shape index (κ3) is 2.10. The van der Waals surface area contributed by atoms with Crippen LogP contribution in [0.15, 0.2) is 0 Å². The Morgan fingerprint density at radius 1 is 1.24 bits per heavy atom. The molecule has 0 spiro atoms. The van der Waals surface area contributed by atoms with E-state index >= 15 is 0 Å². The third-order valence-corrected chi connectivity index (χ3v) is 4.86. The van der Waals surface area contributed by atoms with Crippen molar-refractivity contribution < 1.29 is 4.79 Å². The van der Waals surface area contributed by atoms with Crippen molar-refractivity contribution in [3.63, 3.8) is 0 Å². The van der Waals surface area contributed by atoms with Crippen LogP contribution in [-0.4, -0.2) is 29.1 Å². The first-order valence-electron chi connectivity index (χ1n) is 7.18. The minimum absolute atomic E-state index is 0.0584. The maximum atomic E-state index is 12.4. The highest BCUT2D eigenvalue weighted by molar-refractivity contribution is 5.84. The maximum Gasteiger partial charge on any atom is 0.241 e. The third-order valence-electron chi connectivity index (χ3n) is 4.86. The van der Waals surface area contributed by atoms with Crippen molar-refractivity contribution >= 4 is 5.91 Å². The minimum atomic E-state index is 0.0584. The molecule has 3 nitrogen and oxygen atoms in total. The van der Waals surface area contributed by atoms with Crippen LogP contribution in [0.25, 0.3) is 0 Å². The van der Waals surface area contributed by atoms with Gasteiger partial charge in [-0.1, -0.05) is 27.7 Å². The molecule has 2 fully saturated rings. The molecule has 0 aromatic carbocycles. The zero-order valence-electron chi connectivity index (χ0n) is 11.6. The Labute approximate surface area is 105 Å². The predicted octanol–water partition coefficient (Wildman–Crippen LogP) is 2.37. The number of carbonyl (C=O) groups is 1. The Morgan fingerprint density at radius 2 is 1.94 bits per heavy atom. The van der Waals surface area contributed by atoms with Crippen molar-refractivity contribution in [2.24, 2.45) is 11.8 Å². The highest BCUT2D eigenvalue weighted by Crippen LogP contribution is 2.37. The Kier molecular flexibility index (Phi) is 3.76. The number of hydrogen-bond donors (Lipinski definition) is 1. The van der Waals surface area contributed by atoms with E-state index in [1.807, 2.05) is 0 Å². The lowest BCUT2D eigenvalue weighted by Crippen LogP contribution is -2.46. The summed E-state index contributed by atoms with van der Waals surface area (Å²) >= 11 is 0. The van der Waals surface area contributed by atoms with Crippen molar-refractivity contribution in [3.8, 4) is 0 Å². The molecule has 5 atom stereocenters. The van der Waals surface area contributed by atoms with E-state index < -0.39 is 0 Å². The molecule has 0 radical (unpaired) electrons. The molecule has 2 aliphatic rings. The first-order chi connectivity index (χ1) is 8.10. The van der Waals surface area contributed by atoms with E-state index in [2.05, 4.69) is 37.9 Å². The lowest BCUT2D eigenvalue weighted by molar-refractivity contribution is -0.133. The SMILES string of the molecule is CCC1NC(CC)N(C2CCC(C)C2C)C1=O. The Hall–Kier alpha value is -0.570. The predicted molar refractivity (Wildman–Crippen MR) is 69.5 cm³/mol. The highest BCUT2D eigenvalue weighted by atomic mass is 16.2. The van der Waals surface area contributed by atoms with Crippen molar-refractivity contribution in [3.05, 3.63) is 0 Å². The average molecular weight is 238 g/mol. The van der Waals surface area contributed by atoms with Gasteiger partial charge in [0, 0.05) is 6.04 Å². The van der Waals surface area contributed by atoms with Crippen molar-refractivity contribution in [2.75, 3.05) is 0 Å². The summed E-state index contributed by atoms with van der Waals surface area (Å²) in [7, 11) is 0. The zero-order chi connectivity index (χ0) is 12.6. The van der Waals surface area contributed by atoms with Gasteiger partial charge >= 0.3 is 0 Å².